The zero-order chi connectivity index (χ0) is 19.3. The molecule has 0 aliphatic carbocycles. The number of benzene rings is 2. The van der Waals surface area contributed by atoms with E-state index in [2.05, 4.69) is 4.90 Å². The molecule has 1 aliphatic heterocycles. The normalized spacial score (nSPS) is 14.5. The van der Waals surface area contributed by atoms with E-state index in [0.29, 0.717) is 35.9 Å². The summed E-state index contributed by atoms with van der Waals surface area (Å²) in [6, 6.07) is 17.4. The molecule has 0 bridgehead atoms. The van der Waals surface area contributed by atoms with Gasteiger partial charge in [-0.3, -0.25) is 4.79 Å². The summed E-state index contributed by atoms with van der Waals surface area (Å²) in [4.78, 5) is 14.8. The number of nitrogens with zero attached hydrogens (tertiary/aromatic N) is 1. The number of allylic oxidation sites excluding steroid dienone is 1. The molecule has 1 aliphatic rings. The van der Waals surface area contributed by atoms with Gasteiger partial charge in [-0.15, -0.1) is 0 Å². The molecular weight excluding hydrogens is 357 g/mol. The van der Waals surface area contributed by atoms with E-state index in [1.165, 1.54) is 12.1 Å². The van der Waals surface area contributed by atoms with Gasteiger partial charge in [-0.2, -0.15) is 0 Å². The predicted octanol–water partition coefficient (Wildman–Crippen LogP) is 4.82. The maximum Gasteiger partial charge on any atom is 0.186 e. The highest BCUT2D eigenvalue weighted by atomic mass is 19.1. The van der Waals surface area contributed by atoms with Gasteiger partial charge < -0.3 is 14.1 Å². The third-order valence-electron chi connectivity index (χ3n) is 4.67. The Balaban J connectivity index is 1.48. The fourth-order valence-corrected chi connectivity index (χ4v) is 3.18. The van der Waals surface area contributed by atoms with E-state index in [4.69, 9.17) is 9.15 Å². The van der Waals surface area contributed by atoms with Crippen molar-refractivity contribution in [2.75, 3.05) is 31.2 Å². The summed E-state index contributed by atoms with van der Waals surface area (Å²) < 4.78 is 24.9. The van der Waals surface area contributed by atoms with Crippen LogP contribution in [0.1, 0.15) is 16.1 Å². The fourth-order valence-electron chi connectivity index (χ4n) is 3.18. The summed E-state index contributed by atoms with van der Waals surface area (Å²) >= 11 is 0. The highest BCUT2D eigenvalue weighted by molar-refractivity contribution is 6.07. The van der Waals surface area contributed by atoms with Crippen LogP contribution in [-0.4, -0.2) is 32.1 Å². The first kappa shape index (κ1) is 18.2. The Bertz CT molecular complexity index is 1000. The molecule has 0 N–H and O–H groups in total. The smallest absolute Gasteiger partial charge is 0.186 e. The number of morpholine rings is 1. The van der Waals surface area contributed by atoms with Crippen LogP contribution in [0.2, 0.25) is 0 Å². The molecule has 142 valence electrons. The highest BCUT2D eigenvalue weighted by Gasteiger charge is 2.13. The van der Waals surface area contributed by atoms with E-state index >= 15 is 0 Å². The molecule has 2 aromatic carbocycles. The van der Waals surface area contributed by atoms with E-state index in [0.717, 1.165) is 18.8 Å². The molecule has 3 aromatic rings. The number of hydrogen-bond acceptors (Lipinski definition) is 4. The minimum absolute atomic E-state index is 0.112. The molecule has 2 heterocycles. The summed E-state index contributed by atoms with van der Waals surface area (Å²) in [5, 5.41) is 0. The number of ketones is 1. The van der Waals surface area contributed by atoms with Crippen molar-refractivity contribution in [3.05, 3.63) is 83.9 Å². The van der Waals surface area contributed by atoms with E-state index in [-0.39, 0.29) is 11.6 Å². The van der Waals surface area contributed by atoms with Crippen LogP contribution < -0.4 is 4.90 Å². The van der Waals surface area contributed by atoms with Gasteiger partial charge in [0.1, 0.15) is 17.3 Å². The number of anilines is 1. The van der Waals surface area contributed by atoms with Gasteiger partial charge in [0.2, 0.25) is 0 Å². The topological polar surface area (TPSA) is 42.7 Å². The van der Waals surface area contributed by atoms with Gasteiger partial charge >= 0.3 is 0 Å². The number of carbonyl (C=O) groups is 1. The third-order valence-corrected chi connectivity index (χ3v) is 4.67. The molecule has 1 aromatic heterocycles. The van der Waals surface area contributed by atoms with Crippen LogP contribution in [0.25, 0.3) is 17.4 Å². The summed E-state index contributed by atoms with van der Waals surface area (Å²) in [6.07, 6.45) is 3.08. The lowest BCUT2D eigenvalue weighted by molar-refractivity contribution is 0.104. The first-order chi connectivity index (χ1) is 13.7. The van der Waals surface area contributed by atoms with Crippen molar-refractivity contribution in [1.82, 2.24) is 0 Å². The Labute approximate surface area is 162 Å². The molecule has 4 nitrogen and oxygen atoms in total. The average Bonchev–Trinajstić information content (AvgIpc) is 3.22. The van der Waals surface area contributed by atoms with Crippen molar-refractivity contribution >= 4 is 17.5 Å². The van der Waals surface area contributed by atoms with Crippen molar-refractivity contribution in [2.45, 2.75) is 0 Å². The van der Waals surface area contributed by atoms with Gasteiger partial charge in [0.15, 0.2) is 5.78 Å². The summed E-state index contributed by atoms with van der Waals surface area (Å²) in [5.74, 6) is 0.470. The van der Waals surface area contributed by atoms with Crippen molar-refractivity contribution < 1.29 is 18.3 Å². The Kier molecular flexibility index (Phi) is 5.35. The average molecular weight is 377 g/mol. The quantitative estimate of drug-likeness (QED) is 0.472. The molecule has 0 atom stereocenters. The maximum absolute atomic E-state index is 13.9. The summed E-state index contributed by atoms with van der Waals surface area (Å²) in [6.45, 7) is 3.03. The van der Waals surface area contributed by atoms with E-state index < -0.39 is 0 Å². The van der Waals surface area contributed by atoms with Gasteiger partial charge in [-0.1, -0.05) is 24.3 Å². The lowest BCUT2D eigenvalue weighted by atomic mass is 10.1. The van der Waals surface area contributed by atoms with E-state index in [9.17, 15) is 9.18 Å². The number of carbonyl (C=O) groups excluding carboxylic acids is 1. The first-order valence-corrected chi connectivity index (χ1v) is 9.20. The number of furan rings is 1. The largest absolute Gasteiger partial charge is 0.457 e. The zero-order valence-electron chi connectivity index (χ0n) is 15.3. The molecule has 0 spiro atoms. The third kappa shape index (κ3) is 4.05. The van der Waals surface area contributed by atoms with Crippen LogP contribution in [-0.2, 0) is 4.74 Å². The molecule has 1 fully saturated rings. The molecule has 0 amide bonds. The molecular formula is C23H20FNO3. The fraction of sp³-hybridized carbons (Fsp3) is 0.174. The predicted molar refractivity (Wildman–Crippen MR) is 107 cm³/mol. The second-order valence-corrected chi connectivity index (χ2v) is 6.53. The van der Waals surface area contributed by atoms with Crippen molar-refractivity contribution in [2.24, 2.45) is 0 Å². The molecule has 5 heteroatoms. The van der Waals surface area contributed by atoms with E-state index in [1.807, 2.05) is 18.2 Å². The van der Waals surface area contributed by atoms with Gasteiger partial charge in [0.25, 0.3) is 0 Å². The van der Waals surface area contributed by atoms with Gasteiger partial charge in [0, 0.05) is 24.3 Å². The number of hydrogen-bond donors (Lipinski definition) is 0. The second-order valence-electron chi connectivity index (χ2n) is 6.53. The van der Waals surface area contributed by atoms with Crippen LogP contribution in [0.4, 0.5) is 10.1 Å². The highest BCUT2D eigenvalue weighted by Crippen LogP contribution is 2.25. The lowest BCUT2D eigenvalue weighted by Gasteiger charge is -2.29. The summed E-state index contributed by atoms with van der Waals surface area (Å²) in [7, 11) is 0. The summed E-state index contributed by atoms with van der Waals surface area (Å²) in [5.41, 5.74) is 2.02. The first-order valence-electron chi connectivity index (χ1n) is 9.20. The van der Waals surface area contributed by atoms with E-state index in [1.54, 1.807) is 42.5 Å². The molecule has 0 unspecified atom stereocenters. The minimum Gasteiger partial charge on any atom is -0.457 e. The minimum atomic E-state index is -0.344. The lowest BCUT2D eigenvalue weighted by Crippen LogP contribution is -2.36. The van der Waals surface area contributed by atoms with Crippen molar-refractivity contribution in [1.29, 1.82) is 0 Å². The molecule has 0 saturated carbocycles. The molecule has 28 heavy (non-hydrogen) atoms. The second kappa shape index (κ2) is 8.23. The molecule has 0 radical (unpaired) electrons. The monoisotopic (exact) mass is 377 g/mol. The van der Waals surface area contributed by atoms with Gasteiger partial charge in [-0.25, -0.2) is 4.39 Å². The van der Waals surface area contributed by atoms with Gasteiger partial charge in [0.05, 0.1) is 18.8 Å². The Morgan fingerprint density at radius 2 is 1.82 bits per heavy atom. The van der Waals surface area contributed by atoms with Crippen LogP contribution in [0.15, 0.2) is 71.2 Å². The van der Waals surface area contributed by atoms with Crippen molar-refractivity contribution in [3.63, 3.8) is 0 Å². The number of halogens is 1. The van der Waals surface area contributed by atoms with Crippen molar-refractivity contribution in [3.8, 4) is 11.3 Å². The van der Waals surface area contributed by atoms with Crippen LogP contribution >= 0.6 is 0 Å². The van der Waals surface area contributed by atoms with Crippen LogP contribution in [0, 0.1) is 5.82 Å². The number of rotatable bonds is 5. The molecule has 1 saturated heterocycles. The Morgan fingerprint density at radius 3 is 2.64 bits per heavy atom. The SMILES string of the molecule is O=C(/C=C\c1ccc(-c2ccccc2F)o1)c1cccc(N2CCOCC2)c1. The Morgan fingerprint density at radius 1 is 1.00 bits per heavy atom. The van der Waals surface area contributed by atoms with Crippen LogP contribution in [0.5, 0.6) is 0 Å². The zero-order valence-corrected chi connectivity index (χ0v) is 15.3. The van der Waals surface area contributed by atoms with Gasteiger partial charge in [-0.05, 0) is 48.6 Å². The molecule has 4 rings (SSSR count). The number of ether oxygens (including phenoxy) is 1. The standard InChI is InChI=1S/C23H20FNO3/c24-21-7-2-1-6-20(21)23-11-9-19(28-23)8-10-22(26)17-4-3-5-18(16-17)25-12-14-27-15-13-25/h1-11,16H,12-15H2/b10-8-. The van der Waals surface area contributed by atoms with Crippen LogP contribution in [0.3, 0.4) is 0 Å². The maximum atomic E-state index is 13.9. The Hall–Kier alpha value is -3.18.